The van der Waals surface area contributed by atoms with Crippen LogP contribution in [-0.2, 0) is 22.5 Å². The van der Waals surface area contributed by atoms with Gasteiger partial charge in [-0.15, -0.1) is 0 Å². The molecule has 0 bridgehead atoms. The summed E-state index contributed by atoms with van der Waals surface area (Å²) in [5.74, 6) is 0.683. The van der Waals surface area contributed by atoms with Crippen LogP contribution in [0.25, 0.3) is 0 Å². The largest absolute Gasteiger partial charge is 0.373 e. The molecule has 0 unspecified atom stereocenters. The molecule has 1 amide bonds. The Kier molecular flexibility index (Phi) is 5.46. The second-order valence-electron chi connectivity index (χ2n) is 7.80. The van der Waals surface area contributed by atoms with Crippen molar-refractivity contribution in [3.63, 3.8) is 0 Å². The number of rotatable bonds is 6. The van der Waals surface area contributed by atoms with Crippen molar-refractivity contribution in [3.8, 4) is 0 Å². The van der Waals surface area contributed by atoms with Gasteiger partial charge in [0.1, 0.15) is 16.9 Å². The van der Waals surface area contributed by atoms with E-state index < -0.39 is 0 Å². The highest BCUT2D eigenvalue weighted by molar-refractivity contribution is 5.96. The summed E-state index contributed by atoms with van der Waals surface area (Å²) in [6, 6.07) is 3.93. The van der Waals surface area contributed by atoms with Gasteiger partial charge in [-0.1, -0.05) is 18.1 Å². The third-order valence-corrected chi connectivity index (χ3v) is 5.53. The van der Waals surface area contributed by atoms with Crippen LogP contribution in [0.5, 0.6) is 0 Å². The Hall–Kier alpha value is -2.25. The number of carbonyl (C=O) groups is 1. The molecule has 28 heavy (non-hydrogen) atoms. The van der Waals surface area contributed by atoms with Crippen LogP contribution in [0.4, 0.5) is 0 Å². The monoisotopic (exact) mass is 385 g/mol. The van der Waals surface area contributed by atoms with Crippen molar-refractivity contribution in [1.29, 1.82) is 0 Å². The molecule has 2 aromatic heterocycles. The van der Waals surface area contributed by atoms with Crippen LogP contribution < -0.4 is 0 Å². The van der Waals surface area contributed by atoms with Gasteiger partial charge in [-0.2, -0.15) is 0 Å². The molecule has 2 fully saturated rings. The first-order valence-electron chi connectivity index (χ1n) is 9.99. The molecule has 2 aliphatic rings. The van der Waals surface area contributed by atoms with Crippen molar-refractivity contribution in [2.24, 2.45) is 0 Å². The Bertz CT molecular complexity index is 814. The van der Waals surface area contributed by atoms with E-state index in [1.54, 1.807) is 6.20 Å². The van der Waals surface area contributed by atoms with E-state index in [1.165, 1.54) is 0 Å². The van der Waals surface area contributed by atoms with Gasteiger partial charge in [-0.05, 0) is 31.4 Å². The minimum Gasteiger partial charge on any atom is -0.373 e. The average molecular weight is 385 g/mol. The summed E-state index contributed by atoms with van der Waals surface area (Å²) in [5, 5.41) is 3.99. The highest BCUT2D eigenvalue weighted by Crippen LogP contribution is 2.37. The fraction of sp³-hybridized carbons (Fsp3) is 0.571. The first kappa shape index (κ1) is 19.1. The standard InChI is InChI=1S/C21H27N3O4/c1-3-5-18-19(15(2)23-28-18)20(25)24-13-21(14-24)10-17(7-9-27-21)26-12-16-6-4-8-22-11-16/h4,6,8,11,17H,3,5,7,9-10,12-14H2,1-2H3/t17-/m0/s1. The Labute approximate surface area is 165 Å². The number of likely N-dealkylation sites (tertiary alicyclic amines) is 1. The van der Waals surface area contributed by atoms with E-state index in [4.69, 9.17) is 14.0 Å². The van der Waals surface area contributed by atoms with Gasteiger partial charge in [0.2, 0.25) is 0 Å². The van der Waals surface area contributed by atoms with E-state index in [2.05, 4.69) is 17.1 Å². The molecule has 150 valence electrons. The highest BCUT2D eigenvalue weighted by Gasteiger charge is 2.50. The lowest BCUT2D eigenvalue weighted by Gasteiger charge is -2.53. The SMILES string of the molecule is CCCc1onc(C)c1C(=O)N1CC2(C[C@@H](OCc3cccnc3)CCO2)C1. The Morgan fingerprint density at radius 3 is 3.04 bits per heavy atom. The smallest absolute Gasteiger partial charge is 0.259 e. The van der Waals surface area contributed by atoms with E-state index in [-0.39, 0.29) is 17.6 Å². The van der Waals surface area contributed by atoms with E-state index in [1.807, 2.05) is 30.2 Å². The van der Waals surface area contributed by atoms with Crippen molar-refractivity contribution in [2.75, 3.05) is 19.7 Å². The highest BCUT2D eigenvalue weighted by atomic mass is 16.5. The van der Waals surface area contributed by atoms with Crippen LogP contribution in [0.2, 0.25) is 0 Å². The lowest BCUT2D eigenvalue weighted by Crippen LogP contribution is -2.67. The molecule has 4 rings (SSSR count). The minimum atomic E-state index is -0.288. The van der Waals surface area contributed by atoms with E-state index in [0.29, 0.717) is 43.3 Å². The molecule has 7 heteroatoms. The summed E-state index contributed by atoms with van der Waals surface area (Å²) >= 11 is 0. The van der Waals surface area contributed by atoms with Gasteiger partial charge in [-0.3, -0.25) is 9.78 Å². The van der Waals surface area contributed by atoms with Crippen LogP contribution >= 0.6 is 0 Å². The molecule has 0 aromatic carbocycles. The number of amides is 1. The van der Waals surface area contributed by atoms with Gasteiger partial charge in [0.05, 0.1) is 31.5 Å². The molecule has 1 atom stereocenters. The first-order chi connectivity index (χ1) is 13.6. The fourth-order valence-corrected chi connectivity index (χ4v) is 4.08. The molecular weight excluding hydrogens is 358 g/mol. The molecule has 0 N–H and O–H groups in total. The summed E-state index contributed by atoms with van der Waals surface area (Å²) in [6.45, 7) is 6.28. The van der Waals surface area contributed by atoms with Gasteiger partial charge in [0.25, 0.3) is 5.91 Å². The fourth-order valence-electron chi connectivity index (χ4n) is 4.08. The van der Waals surface area contributed by atoms with Gasteiger partial charge < -0.3 is 18.9 Å². The van der Waals surface area contributed by atoms with Crippen molar-refractivity contribution in [3.05, 3.63) is 47.1 Å². The number of aryl methyl sites for hydroxylation is 2. The molecule has 0 radical (unpaired) electrons. The number of hydrogen-bond acceptors (Lipinski definition) is 6. The molecular formula is C21H27N3O4. The molecule has 1 spiro atoms. The van der Waals surface area contributed by atoms with Gasteiger partial charge in [0.15, 0.2) is 0 Å². The van der Waals surface area contributed by atoms with Crippen LogP contribution in [0.3, 0.4) is 0 Å². The van der Waals surface area contributed by atoms with Crippen molar-refractivity contribution >= 4 is 5.91 Å². The Morgan fingerprint density at radius 2 is 2.29 bits per heavy atom. The summed E-state index contributed by atoms with van der Waals surface area (Å²) < 4.78 is 17.5. The Morgan fingerprint density at radius 1 is 1.43 bits per heavy atom. The van der Waals surface area contributed by atoms with Crippen molar-refractivity contribution < 1.29 is 18.8 Å². The number of pyridine rings is 1. The summed E-state index contributed by atoms with van der Waals surface area (Å²) in [4.78, 5) is 18.9. The van der Waals surface area contributed by atoms with E-state index in [9.17, 15) is 4.79 Å². The topological polar surface area (TPSA) is 77.7 Å². The third-order valence-electron chi connectivity index (χ3n) is 5.53. The quantitative estimate of drug-likeness (QED) is 0.761. The minimum absolute atomic E-state index is 0.00479. The molecule has 2 saturated heterocycles. The van der Waals surface area contributed by atoms with E-state index >= 15 is 0 Å². The zero-order valence-electron chi connectivity index (χ0n) is 16.5. The number of hydrogen-bond donors (Lipinski definition) is 0. The number of nitrogens with zero attached hydrogens (tertiary/aromatic N) is 3. The average Bonchev–Trinajstić information content (AvgIpc) is 3.05. The van der Waals surface area contributed by atoms with Crippen LogP contribution in [-0.4, -0.2) is 52.3 Å². The molecule has 2 aromatic rings. The third kappa shape index (κ3) is 3.82. The summed E-state index contributed by atoms with van der Waals surface area (Å²) in [7, 11) is 0. The lowest BCUT2D eigenvalue weighted by molar-refractivity contribution is -0.188. The molecule has 0 aliphatic carbocycles. The maximum Gasteiger partial charge on any atom is 0.259 e. The summed E-state index contributed by atoms with van der Waals surface area (Å²) in [6.07, 6.45) is 7.05. The van der Waals surface area contributed by atoms with Crippen LogP contribution in [0.1, 0.15) is 53.6 Å². The van der Waals surface area contributed by atoms with Crippen molar-refractivity contribution in [2.45, 2.75) is 57.8 Å². The first-order valence-corrected chi connectivity index (χ1v) is 9.99. The number of ether oxygens (including phenoxy) is 2. The maximum atomic E-state index is 13.0. The predicted octanol–water partition coefficient (Wildman–Crippen LogP) is 2.92. The lowest BCUT2D eigenvalue weighted by atomic mass is 9.84. The molecule has 2 aliphatic heterocycles. The number of aromatic nitrogens is 2. The van der Waals surface area contributed by atoms with Crippen LogP contribution in [0, 0.1) is 6.92 Å². The predicted molar refractivity (Wildman–Crippen MR) is 102 cm³/mol. The van der Waals surface area contributed by atoms with Gasteiger partial charge >= 0.3 is 0 Å². The maximum absolute atomic E-state index is 13.0. The normalized spacial score (nSPS) is 20.9. The van der Waals surface area contributed by atoms with Gasteiger partial charge in [-0.25, -0.2) is 0 Å². The van der Waals surface area contributed by atoms with Crippen LogP contribution in [0.15, 0.2) is 29.0 Å². The summed E-state index contributed by atoms with van der Waals surface area (Å²) in [5.41, 5.74) is 2.07. The zero-order chi connectivity index (χ0) is 19.6. The number of carbonyl (C=O) groups excluding carboxylic acids is 1. The van der Waals surface area contributed by atoms with Crippen molar-refractivity contribution in [1.82, 2.24) is 15.0 Å². The molecule has 7 nitrogen and oxygen atoms in total. The second-order valence-corrected chi connectivity index (χ2v) is 7.80. The van der Waals surface area contributed by atoms with Gasteiger partial charge in [0, 0.05) is 31.8 Å². The Balaban J connectivity index is 1.34. The van der Waals surface area contributed by atoms with E-state index in [0.717, 1.165) is 31.2 Å². The zero-order valence-corrected chi connectivity index (χ0v) is 16.5. The molecule has 4 heterocycles. The second kappa shape index (κ2) is 8.01. The molecule has 0 saturated carbocycles.